The van der Waals surface area contributed by atoms with E-state index in [-0.39, 0.29) is 11.4 Å². The maximum Gasteiger partial charge on any atom is 0.240 e. The molecule has 0 fully saturated rings. The average Bonchev–Trinajstić information content (AvgIpc) is 2.85. The first-order valence-electron chi connectivity index (χ1n) is 7.02. The molecule has 0 saturated carbocycles. The topological polar surface area (TPSA) is 90.7 Å². The van der Waals surface area contributed by atoms with Crippen LogP contribution in [0.15, 0.2) is 27.6 Å². The molecule has 0 aliphatic carbocycles. The number of hydrogen-bond acceptors (Lipinski definition) is 6. The van der Waals surface area contributed by atoms with Crippen molar-refractivity contribution < 1.29 is 22.4 Å². The predicted octanol–water partition coefficient (Wildman–Crippen LogP) is 1.83. The number of aryl methyl sites for hydroxylation is 2. The predicted molar refractivity (Wildman–Crippen MR) is 84.4 cm³/mol. The fourth-order valence-electron chi connectivity index (χ4n) is 2.24. The van der Waals surface area contributed by atoms with Crippen molar-refractivity contribution in [3.8, 4) is 11.5 Å². The van der Waals surface area contributed by atoms with E-state index in [1.54, 1.807) is 13.0 Å². The van der Waals surface area contributed by atoms with Crippen LogP contribution in [0.5, 0.6) is 11.5 Å². The van der Waals surface area contributed by atoms with Crippen molar-refractivity contribution >= 4 is 10.0 Å². The largest absolute Gasteiger partial charge is 0.493 e. The highest BCUT2D eigenvalue weighted by atomic mass is 32.2. The van der Waals surface area contributed by atoms with E-state index in [9.17, 15) is 8.42 Å². The van der Waals surface area contributed by atoms with Crippen molar-refractivity contribution in [2.24, 2.45) is 0 Å². The highest BCUT2D eigenvalue weighted by molar-refractivity contribution is 7.89. The number of nitrogens with zero attached hydrogens (tertiary/aromatic N) is 1. The first kappa shape index (κ1) is 17.3. The van der Waals surface area contributed by atoms with Gasteiger partial charge in [-0.15, -0.1) is 0 Å². The minimum absolute atomic E-state index is 0.119. The standard InChI is InChI=1S/C15H20N2O5S/c1-10-13(11(2)22-17-10)7-8-16-23(18,19)12-5-6-14(20-3)15(9-12)21-4/h5-6,9,16H,7-8H2,1-4H3. The van der Waals surface area contributed by atoms with Gasteiger partial charge in [0.25, 0.3) is 0 Å². The van der Waals surface area contributed by atoms with Gasteiger partial charge in [0, 0.05) is 18.2 Å². The highest BCUT2D eigenvalue weighted by Gasteiger charge is 2.17. The van der Waals surface area contributed by atoms with E-state index in [2.05, 4.69) is 9.88 Å². The second-order valence-electron chi connectivity index (χ2n) is 4.97. The van der Waals surface area contributed by atoms with Gasteiger partial charge in [0.1, 0.15) is 5.76 Å². The van der Waals surface area contributed by atoms with E-state index < -0.39 is 10.0 Å². The second kappa shape index (κ2) is 7.01. The molecule has 23 heavy (non-hydrogen) atoms. The van der Waals surface area contributed by atoms with Gasteiger partial charge in [0.2, 0.25) is 10.0 Å². The van der Waals surface area contributed by atoms with Crippen LogP contribution in [0.25, 0.3) is 0 Å². The Hall–Kier alpha value is -2.06. The third-order valence-electron chi connectivity index (χ3n) is 3.51. The normalized spacial score (nSPS) is 11.5. The molecule has 0 aliphatic heterocycles. The SMILES string of the molecule is COc1ccc(S(=O)(=O)NCCc2c(C)noc2C)cc1OC. The Bertz CT molecular complexity index is 764. The molecule has 126 valence electrons. The van der Waals surface area contributed by atoms with Crippen molar-refractivity contribution in [1.29, 1.82) is 0 Å². The van der Waals surface area contributed by atoms with E-state index in [1.807, 2.05) is 6.92 Å². The van der Waals surface area contributed by atoms with Gasteiger partial charge in [0.15, 0.2) is 11.5 Å². The number of hydrogen-bond donors (Lipinski definition) is 1. The van der Waals surface area contributed by atoms with E-state index in [0.29, 0.717) is 23.7 Å². The highest BCUT2D eigenvalue weighted by Crippen LogP contribution is 2.29. The van der Waals surface area contributed by atoms with E-state index in [4.69, 9.17) is 14.0 Å². The molecule has 0 spiro atoms. The molecule has 0 aliphatic rings. The summed E-state index contributed by atoms with van der Waals surface area (Å²) in [6, 6.07) is 4.46. The Morgan fingerprint density at radius 2 is 1.87 bits per heavy atom. The lowest BCUT2D eigenvalue weighted by Gasteiger charge is -2.11. The molecule has 1 N–H and O–H groups in total. The van der Waals surface area contributed by atoms with Crippen molar-refractivity contribution in [2.45, 2.75) is 25.2 Å². The van der Waals surface area contributed by atoms with Crippen LogP contribution in [0.4, 0.5) is 0 Å². The summed E-state index contributed by atoms with van der Waals surface area (Å²) in [5.74, 6) is 1.54. The first-order valence-corrected chi connectivity index (χ1v) is 8.50. The molecule has 1 aromatic carbocycles. The van der Waals surface area contributed by atoms with E-state index in [0.717, 1.165) is 11.3 Å². The van der Waals surface area contributed by atoms with E-state index in [1.165, 1.54) is 26.4 Å². The molecule has 0 amide bonds. The molecule has 2 rings (SSSR count). The second-order valence-corrected chi connectivity index (χ2v) is 6.73. The lowest BCUT2D eigenvalue weighted by atomic mass is 10.1. The summed E-state index contributed by atoms with van der Waals surface area (Å²) in [5, 5.41) is 3.85. The molecule has 2 aromatic rings. The smallest absolute Gasteiger partial charge is 0.240 e. The number of rotatable bonds is 7. The summed E-state index contributed by atoms with van der Waals surface area (Å²) in [6.45, 7) is 3.88. The van der Waals surface area contributed by atoms with Crippen molar-refractivity contribution in [3.05, 3.63) is 35.2 Å². The third kappa shape index (κ3) is 3.83. The molecule has 0 unspecified atom stereocenters. The van der Waals surface area contributed by atoms with Crippen molar-refractivity contribution in [1.82, 2.24) is 9.88 Å². The van der Waals surface area contributed by atoms with Gasteiger partial charge in [-0.1, -0.05) is 5.16 Å². The number of methoxy groups -OCH3 is 2. The van der Waals surface area contributed by atoms with Gasteiger partial charge in [0.05, 0.1) is 24.8 Å². The molecule has 1 heterocycles. The number of aromatic nitrogens is 1. The first-order chi connectivity index (χ1) is 10.9. The van der Waals surface area contributed by atoms with Crippen LogP contribution in [-0.2, 0) is 16.4 Å². The lowest BCUT2D eigenvalue weighted by molar-refractivity contribution is 0.354. The van der Waals surface area contributed by atoms with Gasteiger partial charge < -0.3 is 14.0 Å². The van der Waals surface area contributed by atoms with Gasteiger partial charge in [-0.25, -0.2) is 13.1 Å². The molecule has 8 heteroatoms. The Kier molecular flexibility index (Phi) is 5.27. The van der Waals surface area contributed by atoms with E-state index >= 15 is 0 Å². The van der Waals surface area contributed by atoms with Crippen LogP contribution in [0, 0.1) is 13.8 Å². The van der Waals surface area contributed by atoms with Crippen LogP contribution in [0.3, 0.4) is 0 Å². The maximum absolute atomic E-state index is 12.4. The number of sulfonamides is 1. The molecule has 0 bridgehead atoms. The molecular formula is C15H20N2O5S. The summed E-state index contributed by atoms with van der Waals surface area (Å²) in [7, 11) is -0.682. The number of benzene rings is 1. The lowest BCUT2D eigenvalue weighted by Crippen LogP contribution is -2.26. The summed E-state index contributed by atoms with van der Waals surface area (Å²) in [4.78, 5) is 0.119. The zero-order chi connectivity index (χ0) is 17.0. The fraction of sp³-hybridized carbons (Fsp3) is 0.400. The summed E-state index contributed by atoms with van der Waals surface area (Å²) in [6.07, 6.45) is 0.508. The zero-order valence-corrected chi connectivity index (χ0v) is 14.4. The maximum atomic E-state index is 12.4. The fourth-order valence-corrected chi connectivity index (χ4v) is 3.28. The summed E-state index contributed by atoms with van der Waals surface area (Å²) < 4.78 is 42.6. The molecule has 0 radical (unpaired) electrons. The van der Waals surface area contributed by atoms with Gasteiger partial charge >= 0.3 is 0 Å². The van der Waals surface area contributed by atoms with Gasteiger partial charge in [-0.2, -0.15) is 0 Å². The van der Waals surface area contributed by atoms with Crippen LogP contribution in [0.2, 0.25) is 0 Å². The minimum atomic E-state index is -3.63. The molecule has 7 nitrogen and oxygen atoms in total. The van der Waals surface area contributed by atoms with Crippen LogP contribution in [0.1, 0.15) is 17.0 Å². The monoisotopic (exact) mass is 340 g/mol. The van der Waals surface area contributed by atoms with Crippen molar-refractivity contribution in [2.75, 3.05) is 20.8 Å². The van der Waals surface area contributed by atoms with Gasteiger partial charge in [-0.3, -0.25) is 0 Å². The Morgan fingerprint density at radius 3 is 2.43 bits per heavy atom. The Morgan fingerprint density at radius 1 is 1.17 bits per heavy atom. The zero-order valence-electron chi connectivity index (χ0n) is 13.5. The summed E-state index contributed by atoms with van der Waals surface area (Å²) in [5.41, 5.74) is 1.69. The number of nitrogens with one attached hydrogen (secondary N) is 1. The number of ether oxygens (including phenoxy) is 2. The van der Waals surface area contributed by atoms with Gasteiger partial charge in [-0.05, 0) is 32.4 Å². The van der Waals surface area contributed by atoms with Crippen LogP contribution < -0.4 is 14.2 Å². The third-order valence-corrected chi connectivity index (χ3v) is 4.97. The molecular weight excluding hydrogens is 320 g/mol. The minimum Gasteiger partial charge on any atom is -0.493 e. The molecule has 1 aromatic heterocycles. The molecule has 0 atom stereocenters. The van der Waals surface area contributed by atoms with Crippen LogP contribution in [-0.4, -0.2) is 34.3 Å². The Labute approximate surface area is 135 Å². The Balaban J connectivity index is 2.10. The van der Waals surface area contributed by atoms with Crippen LogP contribution >= 0.6 is 0 Å². The summed E-state index contributed by atoms with van der Waals surface area (Å²) >= 11 is 0. The average molecular weight is 340 g/mol. The quantitative estimate of drug-likeness (QED) is 0.827. The van der Waals surface area contributed by atoms with Crippen molar-refractivity contribution in [3.63, 3.8) is 0 Å². The molecule has 0 saturated heterocycles.